The van der Waals surface area contributed by atoms with Crippen molar-refractivity contribution in [3.8, 4) is 0 Å². The van der Waals surface area contributed by atoms with Crippen LogP contribution in [0.4, 0.5) is 0 Å². The van der Waals surface area contributed by atoms with E-state index in [1.165, 1.54) is 11.8 Å². The van der Waals surface area contributed by atoms with Crippen LogP contribution in [0.1, 0.15) is 21.6 Å². The molecule has 23 heavy (non-hydrogen) atoms. The zero-order valence-electron chi connectivity index (χ0n) is 12.3. The van der Waals surface area contributed by atoms with E-state index in [9.17, 15) is 20.2 Å². The lowest BCUT2D eigenvalue weighted by Gasteiger charge is -2.19. The number of rotatable bonds is 8. The Labute approximate surface area is 137 Å². The maximum absolute atomic E-state index is 11.0. The predicted octanol–water partition coefficient (Wildman–Crippen LogP) is 3.76. The van der Waals surface area contributed by atoms with Crippen LogP contribution in [0.25, 0.3) is 0 Å². The van der Waals surface area contributed by atoms with Crippen LogP contribution in [0.5, 0.6) is 0 Å². The predicted molar refractivity (Wildman–Crippen MR) is 89.7 cm³/mol. The molecule has 0 aliphatic rings. The van der Waals surface area contributed by atoms with E-state index in [0.29, 0.717) is 0 Å². The van der Waals surface area contributed by atoms with E-state index in [2.05, 4.69) is 0 Å². The minimum Gasteiger partial charge on any atom is -0.264 e. The molecule has 120 valence electrons. The van der Waals surface area contributed by atoms with Crippen molar-refractivity contribution in [2.45, 2.75) is 10.5 Å². The first-order valence-corrected chi connectivity index (χ1v) is 7.99. The van der Waals surface area contributed by atoms with Crippen molar-refractivity contribution in [2.24, 2.45) is 0 Å². The van der Waals surface area contributed by atoms with Gasteiger partial charge < -0.3 is 0 Å². The third-order valence-corrected chi connectivity index (χ3v) is 4.80. The van der Waals surface area contributed by atoms with Gasteiger partial charge in [0.2, 0.25) is 13.1 Å². The van der Waals surface area contributed by atoms with Gasteiger partial charge in [0.05, 0.1) is 10.5 Å². The van der Waals surface area contributed by atoms with Crippen molar-refractivity contribution in [2.75, 3.05) is 13.1 Å². The molecule has 0 aliphatic carbocycles. The molecule has 6 nitrogen and oxygen atoms in total. The summed E-state index contributed by atoms with van der Waals surface area (Å²) >= 11 is 1.27. The molecular formula is C16H16N2O4S. The van der Waals surface area contributed by atoms with E-state index < -0.39 is 10.5 Å². The number of thioether (sulfide) groups is 1. The van der Waals surface area contributed by atoms with Gasteiger partial charge in [-0.25, -0.2) is 0 Å². The molecule has 0 N–H and O–H groups in total. The lowest BCUT2D eigenvalue weighted by molar-refractivity contribution is -0.481. The first-order valence-electron chi connectivity index (χ1n) is 7.05. The van der Waals surface area contributed by atoms with Crippen molar-refractivity contribution in [3.05, 3.63) is 92.0 Å². The van der Waals surface area contributed by atoms with Gasteiger partial charge in [-0.3, -0.25) is 20.2 Å². The average molecular weight is 332 g/mol. The maximum atomic E-state index is 11.0. The summed E-state index contributed by atoms with van der Waals surface area (Å²) < 4.78 is 0. The molecule has 0 heterocycles. The van der Waals surface area contributed by atoms with Gasteiger partial charge >= 0.3 is 0 Å². The minimum absolute atomic E-state index is 0.268. The normalized spacial score (nSPS) is 13.2. The second-order valence-electron chi connectivity index (χ2n) is 4.97. The molecule has 2 aromatic carbocycles. The van der Waals surface area contributed by atoms with Crippen molar-refractivity contribution >= 4 is 11.8 Å². The third-order valence-electron chi connectivity index (χ3n) is 3.30. The first-order chi connectivity index (χ1) is 11.1. The highest BCUT2D eigenvalue weighted by Gasteiger charge is 2.27. The SMILES string of the molecule is O=[N+]([O-])CC(S[C@H](C[N+](=O)[O-])c1ccccc1)c1ccccc1. The molecule has 2 aromatic rings. The third kappa shape index (κ3) is 5.37. The summed E-state index contributed by atoms with van der Waals surface area (Å²) in [7, 11) is 0. The van der Waals surface area contributed by atoms with Gasteiger partial charge in [-0.15, -0.1) is 11.8 Å². The Morgan fingerprint density at radius 3 is 1.39 bits per heavy atom. The molecule has 0 bridgehead atoms. The molecule has 0 amide bonds. The molecule has 0 aliphatic heterocycles. The summed E-state index contributed by atoms with van der Waals surface area (Å²) in [4.78, 5) is 21.2. The van der Waals surface area contributed by atoms with E-state index in [4.69, 9.17) is 0 Å². The van der Waals surface area contributed by atoms with E-state index in [1.807, 2.05) is 60.7 Å². The number of benzene rings is 2. The van der Waals surface area contributed by atoms with Crippen LogP contribution in [-0.2, 0) is 0 Å². The molecule has 2 atom stereocenters. The second-order valence-corrected chi connectivity index (χ2v) is 6.38. The summed E-state index contributed by atoms with van der Waals surface area (Å²) in [6.45, 7) is -0.536. The van der Waals surface area contributed by atoms with Gasteiger partial charge in [-0.2, -0.15) is 0 Å². The minimum atomic E-state index is -0.434. The molecule has 2 rings (SSSR count). The fraction of sp³-hybridized carbons (Fsp3) is 0.250. The smallest absolute Gasteiger partial charge is 0.219 e. The van der Waals surface area contributed by atoms with Crippen LogP contribution in [0.2, 0.25) is 0 Å². The first kappa shape index (κ1) is 17.0. The quantitative estimate of drug-likeness (QED) is 0.542. The number of nitrogens with zero attached hydrogens (tertiary/aromatic N) is 2. The van der Waals surface area contributed by atoms with E-state index >= 15 is 0 Å². The van der Waals surface area contributed by atoms with Crippen LogP contribution in [0, 0.1) is 20.2 Å². The molecule has 0 spiro atoms. The van der Waals surface area contributed by atoms with E-state index in [-0.39, 0.29) is 22.9 Å². The highest BCUT2D eigenvalue weighted by Crippen LogP contribution is 2.40. The molecular weight excluding hydrogens is 316 g/mol. The van der Waals surface area contributed by atoms with Crippen LogP contribution in [0.3, 0.4) is 0 Å². The maximum Gasteiger partial charge on any atom is 0.219 e. The highest BCUT2D eigenvalue weighted by molar-refractivity contribution is 7.99. The Hall–Kier alpha value is -2.41. The Morgan fingerprint density at radius 2 is 1.09 bits per heavy atom. The summed E-state index contributed by atoms with van der Waals surface area (Å²) in [5.74, 6) is 0. The summed E-state index contributed by atoms with van der Waals surface area (Å²) in [6.07, 6.45) is 0. The largest absolute Gasteiger partial charge is 0.264 e. The fourth-order valence-corrected chi connectivity index (χ4v) is 3.70. The van der Waals surface area contributed by atoms with E-state index in [1.54, 1.807) is 0 Å². The van der Waals surface area contributed by atoms with Crippen molar-refractivity contribution < 1.29 is 9.85 Å². The van der Waals surface area contributed by atoms with Gasteiger partial charge in [0.1, 0.15) is 0 Å². The fourth-order valence-electron chi connectivity index (χ4n) is 2.26. The average Bonchev–Trinajstić information content (AvgIpc) is 2.54. The second kappa shape index (κ2) is 8.28. The Bertz CT molecular complexity index is 594. The van der Waals surface area contributed by atoms with Crippen LogP contribution >= 0.6 is 11.8 Å². The molecule has 0 aromatic heterocycles. The van der Waals surface area contributed by atoms with E-state index in [0.717, 1.165) is 11.1 Å². The van der Waals surface area contributed by atoms with Crippen molar-refractivity contribution in [1.29, 1.82) is 0 Å². The standard InChI is InChI=1S/C16H16N2O4S/c19-17(20)11-15(13-7-3-1-4-8-13)23-16(12-18(21)22)14-9-5-2-6-10-14/h1-10,15-16H,11-12H2/t15-,16?/m1/s1. The van der Waals surface area contributed by atoms with Crippen molar-refractivity contribution in [3.63, 3.8) is 0 Å². The summed E-state index contributed by atoms with van der Waals surface area (Å²) in [5, 5.41) is 21.1. The zero-order chi connectivity index (χ0) is 16.7. The monoisotopic (exact) mass is 332 g/mol. The molecule has 0 fully saturated rings. The van der Waals surface area contributed by atoms with Gasteiger partial charge in [0.25, 0.3) is 0 Å². The Morgan fingerprint density at radius 1 is 0.739 bits per heavy atom. The summed E-state index contributed by atoms with van der Waals surface area (Å²) in [6, 6.07) is 18.2. The van der Waals surface area contributed by atoms with Crippen LogP contribution in [0.15, 0.2) is 60.7 Å². The molecule has 0 radical (unpaired) electrons. The van der Waals surface area contributed by atoms with Gasteiger partial charge in [0, 0.05) is 9.85 Å². The topological polar surface area (TPSA) is 86.3 Å². The number of hydrogen-bond donors (Lipinski definition) is 0. The van der Waals surface area contributed by atoms with Crippen LogP contribution in [-0.4, -0.2) is 22.9 Å². The highest BCUT2D eigenvalue weighted by atomic mass is 32.2. The zero-order valence-corrected chi connectivity index (χ0v) is 13.1. The lowest BCUT2D eigenvalue weighted by atomic mass is 10.1. The molecule has 7 heteroatoms. The molecule has 1 unspecified atom stereocenters. The van der Waals surface area contributed by atoms with Crippen LogP contribution < -0.4 is 0 Å². The number of hydrogen-bond acceptors (Lipinski definition) is 5. The van der Waals surface area contributed by atoms with Crippen molar-refractivity contribution in [1.82, 2.24) is 0 Å². The number of nitro groups is 2. The van der Waals surface area contributed by atoms with Gasteiger partial charge in [-0.1, -0.05) is 60.7 Å². The molecule has 0 saturated heterocycles. The summed E-state index contributed by atoms with van der Waals surface area (Å²) in [5.41, 5.74) is 1.61. The lowest BCUT2D eigenvalue weighted by Crippen LogP contribution is -2.15. The Kier molecular flexibility index (Phi) is 6.10. The van der Waals surface area contributed by atoms with Gasteiger partial charge in [0.15, 0.2) is 0 Å². The molecule has 0 saturated carbocycles. The van der Waals surface area contributed by atoms with Gasteiger partial charge in [-0.05, 0) is 11.1 Å². The Balaban J connectivity index is 2.26.